The van der Waals surface area contributed by atoms with Crippen molar-refractivity contribution < 1.29 is 18.0 Å². The number of hydrogen-bond acceptors (Lipinski definition) is 3. The first kappa shape index (κ1) is 17.2. The molecule has 2 aromatic rings. The zero-order valence-corrected chi connectivity index (χ0v) is 13.7. The van der Waals surface area contributed by atoms with Crippen LogP contribution < -0.4 is 5.43 Å². The fourth-order valence-electron chi connectivity index (χ4n) is 3.02. The molecule has 1 atom stereocenters. The molecule has 25 heavy (non-hydrogen) atoms. The molecule has 1 aliphatic rings. The van der Waals surface area contributed by atoms with Crippen molar-refractivity contribution in [3.63, 3.8) is 0 Å². The molecule has 1 saturated heterocycles. The van der Waals surface area contributed by atoms with Crippen molar-refractivity contribution in [1.82, 2.24) is 10.4 Å². The Labute approximate surface area is 142 Å². The van der Waals surface area contributed by atoms with Gasteiger partial charge in [0, 0.05) is 6.54 Å². The molecule has 3 rings (SSSR count). The van der Waals surface area contributed by atoms with Gasteiger partial charge < -0.3 is 0 Å². The molecule has 1 N–H and O–H groups in total. The van der Waals surface area contributed by atoms with Gasteiger partial charge in [-0.15, -0.1) is 0 Å². The minimum atomic E-state index is -4.55. The standard InChI is InChI=1S/C18H16F3N3O/c1-17(2)10-24(23-16(17)25)15(18(19,20)21)14-6-5-12-7-11(9-22)3-4-13(12)8-14/h3-8,15H,10H2,1-2H3,(H,23,25). The van der Waals surface area contributed by atoms with Crippen LogP contribution in [0.4, 0.5) is 13.2 Å². The number of carbonyl (C=O) groups is 1. The molecule has 1 unspecified atom stereocenters. The molecule has 2 aromatic carbocycles. The van der Waals surface area contributed by atoms with Crippen LogP contribution >= 0.6 is 0 Å². The maximum atomic E-state index is 13.7. The van der Waals surface area contributed by atoms with E-state index in [0.29, 0.717) is 16.3 Å². The molecule has 1 fully saturated rings. The Morgan fingerprint density at radius 3 is 2.40 bits per heavy atom. The van der Waals surface area contributed by atoms with Gasteiger partial charge >= 0.3 is 6.18 Å². The maximum Gasteiger partial charge on any atom is 0.409 e. The third-order valence-electron chi connectivity index (χ3n) is 4.36. The number of alkyl halides is 3. The van der Waals surface area contributed by atoms with Gasteiger partial charge in [-0.3, -0.25) is 10.2 Å². The summed E-state index contributed by atoms with van der Waals surface area (Å²) in [7, 11) is 0. The van der Waals surface area contributed by atoms with Crippen molar-refractivity contribution in [3.8, 4) is 6.07 Å². The average Bonchev–Trinajstić information content (AvgIpc) is 2.78. The molecular weight excluding hydrogens is 331 g/mol. The highest BCUT2D eigenvalue weighted by atomic mass is 19.4. The van der Waals surface area contributed by atoms with Crippen LogP contribution in [-0.2, 0) is 4.79 Å². The van der Waals surface area contributed by atoms with Gasteiger partial charge in [-0.05, 0) is 48.4 Å². The van der Waals surface area contributed by atoms with Gasteiger partial charge in [-0.2, -0.15) is 18.4 Å². The van der Waals surface area contributed by atoms with Gasteiger partial charge in [0.05, 0.1) is 17.0 Å². The Bertz CT molecular complexity index is 883. The first-order valence-corrected chi connectivity index (χ1v) is 7.70. The molecular formula is C18H16F3N3O. The number of amides is 1. The second kappa shape index (κ2) is 5.74. The van der Waals surface area contributed by atoms with E-state index in [1.54, 1.807) is 38.1 Å². The monoisotopic (exact) mass is 347 g/mol. The zero-order chi connectivity index (χ0) is 18.4. The highest BCUT2D eigenvalue weighted by molar-refractivity contribution is 5.85. The highest BCUT2D eigenvalue weighted by Gasteiger charge is 2.51. The number of fused-ring (bicyclic) bond motifs is 1. The van der Waals surface area contributed by atoms with E-state index in [1.165, 1.54) is 12.1 Å². The summed E-state index contributed by atoms with van der Waals surface area (Å²) in [6.07, 6.45) is -4.55. The largest absolute Gasteiger partial charge is 0.409 e. The number of carbonyl (C=O) groups excluding carboxylic acids is 1. The number of nitrogens with zero attached hydrogens (tertiary/aromatic N) is 2. The SMILES string of the molecule is CC1(C)CN(C(c2ccc3cc(C#N)ccc3c2)C(F)(F)F)NC1=O. The molecule has 0 radical (unpaired) electrons. The quantitative estimate of drug-likeness (QED) is 0.901. The van der Waals surface area contributed by atoms with E-state index in [0.717, 1.165) is 5.01 Å². The molecule has 0 spiro atoms. The van der Waals surface area contributed by atoms with Crippen LogP contribution in [0.15, 0.2) is 36.4 Å². The van der Waals surface area contributed by atoms with E-state index in [4.69, 9.17) is 5.26 Å². The minimum absolute atomic E-state index is 0.0403. The van der Waals surface area contributed by atoms with E-state index in [-0.39, 0.29) is 12.1 Å². The summed E-state index contributed by atoms with van der Waals surface area (Å²) in [5.74, 6) is -0.429. The van der Waals surface area contributed by atoms with Crippen molar-refractivity contribution in [1.29, 1.82) is 5.26 Å². The summed E-state index contributed by atoms with van der Waals surface area (Å²) in [5, 5.41) is 11.2. The number of nitriles is 1. The molecule has 130 valence electrons. The van der Waals surface area contributed by atoms with Crippen LogP contribution in [-0.4, -0.2) is 23.6 Å². The Morgan fingerprint density at radius 2 is 1.84 bits per heavy atom. The van der Waals surface area contributed by atoms with E-state index in [2.05, 4.69) is 5.43 Å². The minimum Gasteiger partial charge on any atom is -0.287 e. The molecule has 4 nitrogen and oxygen atoms in total. The average molecular weight is 347 g/mol. The van der Waals surface area contributed by atoms with E-state index >= 15 is 0 Å². The molecule has 7 heteroatoms. The molecule has 0 aromatic heterocycles. The second-order valence-electron chi connectivity index (χ2n) is 6.83. The molecule has 1 amide bonds. The normalized spacial score (nSPS) is 18.8. The van der Waals surface area contributed by atoms with Crippen LogP contribution in [0, 0.1) is 16.7 Å². The third-order valence-corrected chi connectivity index (χ3v) is 4.36. The smallest absolute Gasteiger partial charge is 0.287 e. The topological polar surface area (TPSA) is 56.1 Å². The van der Waals surface area contributed by atoms with Crippen LogP contribution in [0.1, 0.15) is 31.0 Å². The molecule has 0 bridgehead atoms. The fraction of sp³-hybridized carbons (Fsp3) is 0.333. The number of nitrogens with one attached hydrogen (secondary N) is 1. The molecule has 0 saturated carbocycles. The lowest BCUT2D eigenvalue weighted by molar-refractivity contribution is -0.191. The van der Waals surface area contributed by atoms with E-state index < -0.39 is 23.5 Å². The van der Waals surface area contributed by atoms with Gasteiger partial charge in [0.1, 0.15) is 6.04 Å². The van der Waals surface area contributed by atoms with Crippen molar-refractivity contribution in [3.05, 3.63) is 47.5 Å². The molecule has 1 heterocycles. The maximum absolute atomic E-state index is 13.7. The van der Waals surface area contributed by atoms with E-state index in [1.807, 2.05) is 6.07 Å². The van der Waals surface area contributed by atoms with Gasteiger partial charge in [-0.25, -0.2) is 5.01 Å². The zero-order valence-electron chi connectivity index (χ0n) is 13.7. The summed E-state index contributed by atoms with van der Waals surface area (Å²) in [6.45, 7) is 3.18. The Balaban J connectivity index is 2.04. The lowest BCUT2D eigenvalue weighted by Gasteiger charge is -2.30. The first-order valence-electron chi connectivity index (χ1n) is 7.70. The Hall–Kier alpha value is -2.59. The van der Waals surface area contributed by atoms with Gasteiger partial charge in [0.15, 0.2) is 0 Å². The van der Waals surface area contributed by atoms with Gasteiger partial charge in [0.25, 0.3) is 0 Å². The number of benzene rings is 2. The number of halogens is 3. The van der Waals surface area contributed by atoms with Crippen LogP contribution in [0.3, 0.4) is 0 Å². The van der Waals surface area contributed by atoms with Crippen molar-refractivity contribution >= 4 is 16.7 Å². The Morgan fingerprint density at radius 1 is 1.20 bits per heavy atom. The molecule has 1 aliphatic heterocycles. The number of hydrogen-bond donors (Lipinski definition) is 1. The molecule has 0 aliphatic carbocycles. The number of hydrazine groups is 1. The summed E-state index contributed by atoms with van der Waals surface area (Å²) in [4.78, 5) is 11.9. The van der Waals surface area contributed by atoms with Crippen molar-refractivity contribution in [2.24, 2.45) is 5.41 Å². The summed E-state index contributed by atoms with van der Waals surface area (Å²) in [6, 6.07) is 9.29. The number of rotatable bonds is 2. The van der Waals surface area contributed by atoms with Crippen molar-refractivity contribution in [2.45, 2.75) is 26.1 Å². The van der Waals surface area contributed by atoms with Crippen LogP contribution in [0.25, 0.3) is 10.8 Å². The van der Waals surface area contributed by atoms with Crippen LogP contribution in [0.2, 0.25) is 0 Å². The second-order valence-corrected chi connectivity index (χ2v) is 6.83. The lowest BCUT2D eigenvalue weighted by atomic mass is 9.93. The fourth-order valence-corrected chi connectivity index (χ4v) is 3.02. The summed E-state index contributed by atoms with van der Waals surface area (Å²) >= 11 is 0. The lowest BCUT2D eigenvalue weighted by Crippen LogP contribution is -2.43. The van der Waals surface area contributed by atoms with Crippen molar-refractivity contribution in [2.75, 3.05) is 6.54 Å². The summed E-state index contributed by atoms with van der Waals surface area (Å²) in [5.41, 5.74) is 1.95. The highest BCUT2D eigenvalue weighted by Crippen LogP contribution is 2.41. The van der Waals surface area contributed by atoms with Crippen LogP contribution in [0.5, 0.6) is 0 Å². The van der Waals surface area contributed by atoms with Gasteiger partial charge in [-0.1, -0.05) is 18.2 Å². The summed E-state index contributed by atoms with van der Waals surface area (Å²) < 4.78 is 41.2. The third kappa shape index (κ3) is 3.17. The first-order chi connectivity index (χ1) is 11.6. The van der Waals surface area contributed by atoms with E-state index in [9.17, 15) is 18.0 Å². The van der Waals surface area contributed by atoms with Gasteiger partial charge in [0.2, 0.25) is 5.91 Å². The predicted octanol–water partition coefficient (Wildman–Crippen LogP) is 3.69. The Kier molecular flexibility index (Phi) is 3.96. The predicted molar refractivity (Wildman–Crippen MR) is 86.1 cm³/mol.